The van der Waals surface area contributed by atoms with Crippen LogP contribution in [0, 0.1) is 17.8 Å². The van der Waals surface area contributed by atoms with E-state index in [1.54, 1.807) is 16.9 Å². The van der Waals surface area contributed by atoms with Crippen molar-refractivity contribution in [1.29, 1.82) is 0 Å². The zero-order valence-corrected chi connectivity index (χ0v) is 16.1. The Hall–Kier alpha value is -3.99. The van der Waals surface area contributed by atoms with Gasteiger partial charge >= 0.3 is 0 Å². The smallest absolute Gasteiger partial charge is 0.228 e. The number of carbonyl (C=O) groups excluding carboxylic acids is 1. The number of nitrogens with zero attached hydrogens (tertiary/aromatic N) is 5. The molecule has 4 aromatic rings. The Morgan fingerprint density at radius 3 is 2.97 bits per heavy atom. The maximum absolute atomic E-state index is 12.2. The molecule has 1 aliphatic carbocycles. The molecule has 2 N–H and O–H groups in total. The van der Waals surface area contributed by atoms with Crippen molar-refractivity contribution in [2.75, 3.05) is 17.6 Å². The zero-order valence-electron chi connectivity index (χ0n) is 19.1. The van der Waals surface area contributed by atoms with Gasteiger partial charge in [-0.1, -0.05) is 11.8 Å². The van der Waals surface area contributed by atoms with Crippen LogP contribution in [0.5, 0.6) is 0 Å². The number of hydrogen-bond acceptors (Lipinski definition) is 6. The lowest BCUT2D eigenvalue weighted by Gasteiger charge is -2.08. The van der Waals surface area contributed by atoms with E-state index < -0.39 is 6.98 Å². The van der Waals surface area contributed by atoms with E-state index in [1.165, 1.54) is 6.20 Å². The molecule has 8 heteroatoms. The predicted molar refractivity (Wildman–Crippen MR) is 115 cm³/mol. The summed E-state index contributed by atoms with van der Waals surface area (Å²) < 4.78 is 24.3. The fraction of sp³-hybridized carbons (Fsp3) is 0.227. The average Bonchev–Trinajstić information content (AvgIpc) is 3.56. The average molecular weight is 400 g/mol. The van der Waals surface area contributed by atoms with Gasteiger partial charge in [-0.05, 0) is 37.1 Å². The van der Waals surface area contributed by atoms with Crippen LogP contribution < -0.4 is 10.6 Å². The SMILES string of the molecule is [2H]C([2H])([2H])Nc1ncc(C#Cc2ccc3c(cnn3C)c2)c2cc(NC(=O)C3CC3)nnc12. The standard InChI is InChI=1S/C22H19N7O/c1-23-21-20-17(10-19(27-28-20)26-22(30)14-6-7-14)15(11-24-21)5-3-13-4-8-18-16(9-13)12-25-29(18)2/h4,8-12,14H,6-7H2,1-2H3,(H,23,24)(H,26,27,30)/i1D3. The summed E-state index contributed by atoms with van der Waals surface area (Å²) in [6, 6.07) is 7.43. The molecule has 148 valence electrons. The van der Waals surface area contributed by atoms with E-state index in [0.29, 0.717) is 10.9 Å². The minimum absolute atomic E-state index is 0.00869. The normalized spacial score (nSPS) is 15.0. The van der Waals surface area contributed by atoms with E-state index in [0.717, 1.165) is 29.3 Å². The number of carbonyl (C=O) groups is 1. The van der Waals surface area contributed by atoms with E-state index in [1.807, 2.05) is 25.2 Å². The van der Waals surface area contributed by atoms with Crippen molar-refractivity contribution < 1.29 is 8.91 Å². The highest BCUT2D eigenvalue weighted by Crippen LogP contribution is 2.30. The molecule has 1 fully saturated rings. The number of aromatic nitrogens is 5. The molecule has 0 atom stereocenters. The van der Waals surface area contributed by atoms with E-state index in [9.17, 15) is 4.79 Å². The molecule has 1 amide bonds. The number of aryl methyl sites for hydroxylation is 1. The zero-order chi connectivity index (χ0) is 23.2. The largest absolute Gasteiger partial charge is 0.371 e. The molecule has 5 rings (SSSR count). The van der Waals surface area contributed by atoms with Gasteiger partial charge in [-0.25, -0.2) is 4.98 Å². The number of pyridine rings is 1. The van der Waals surface area contributed by atoms with Crippen LogP contribution in [-0.4, -0.2) is 37.8 Å². The van der Waals surface area contributed by atoms with E-state index in [4.69, 9.17) is 4.11 Å². The second-order valence-corrected chi connectivity index (χ2v) is 7.19. The molecular formula is C22H19N7O. The maximum atomic E-state index is 12.2. The molecular weight excluding hydrogens is 378 g/mol. The summed E-state index contributed by atoms with van der Waals surface area (Å²) in [7, 11) is 1.88. The first-order valence-electron chi connectivity index (χ1n) is 11.0. The minimum atomic E-state index is -2.45. The van der Waals surface area contributed by atoms with Crippen LogP contribution in [0.3, 0.4) is 0 Å². The highest BCUT2D eigenvalue weighted by molar-refractivity contribution is 5.97. The molecule has 8 nitrogen and oxygen atoms in total. The van der Waals surface area contributed by atoms with Gasteiger partial charge in [0.25, 0.3) is 0 Å². The van der Waals surface area contributed by atoms with Crippen LogP contribution in [0.2, 0.25) is 0 Å². The minimum Gasteiger partial charge on any atom is -0.371 e. The third kappa shape index (κ3) is 3.31. The molecule has 0 bridgehead atoms. The number of hydrogen-bond donors (Lipinski definition) is 2. The van der Waals surface area contributed by atoms with Gasteiger partial charge in [0.1, 0.15) is 5.52 Å². The molecule has 0 radical (unpaired) electrons. The Bertz CT molecular complexity index is 1460. The second-order valence-electron chi connectivity index (χ2n) is 7.19. The van der Waals surface area contributed by atoms with Crippen LogP contribution in [0.15, 0.2) is 36.7 Å². The third-order valence-electron chi connectivity index (χ3n) is 5.04. The first-order valence-corrected chi connectivity index (χ1v) is 9.46. The Kier molecular flexibility index (Phi) is 3.54. The number of benzene rings is 1. The highest BCUT2D eigenvalue weighted by atomic mass is 16.2. The lowest BCUT2D eigenvalue weighted by atomic mass is 10.1. The summed E-state index contributed by atoms with van der Waals surface area (Å²) >= 11 is 0. The van der Waals surface area contributed by atoms with Crippen molar-refractivity contribution in [2.45, 2.75) is 12.8 Å². The van der Waals surface area contributed by atoms with Crippen molar-refractivity contribution in [2.24, 2.45) is 13.0 Å². The fourth-order valence-corrected chi connectivity index (χ4v) is 3.24. The van der Waals surface area contributed by atoms with Crippen molar-refractivity contribution in [3.05, 3.63) is 47.8 Å². The lowest BCUT2D eigenvalue weighted by molar-refractivity contribution is -0.117. The van der Waals surface area contributed by atoms with E-state index >= 15 is 0 Å². The van der Waals surface area contributed by atoms with Crippen molar-refractivity contribution >= 4 is 39.3 Å². The Morgan fingerprint density at radius 2 is 2.13 bits per heavy atom. The molecule has 30 heavy (non-hydrogen) atoms. The van der Waals surface area contributed by atoms with Gasteiger partial charge in [-0.2, -0.15) is 5.10 Å². The molecule has 0 saturated heterocycles. The third-order valence-corrected chi connectivity index (χ3v) is 5.04. The summed E-state index contributed by atoms with van der Waals surface area (Å²) in [5.74, 6) is 6.47. The lowest BCUT2D eigenvalue weighted by Crippen LogP contribution is -2.15. The van der Waals surface area contributed by atoms with Crippen molar-refractivity contribution in [1.82, 2.24) is 25.0 Å². The monoisotopic (exact) mass is 400 g/mol. The molecule has 1 aliphatic rings. The molecule has 1 aromatic carbocycles. The topological polar surface area (TPSA) is 97.6 Å². The van der Waals surface area contributed by atoms with Gasteiger partial charge in [0.05, 0.1) is 17.3 Å². The van der Waals surface area contributed by atoms with Gasteiger partial charge in [-0.15, -0.1) is 10.2 Å². The highest BCUT2D eigenvalue weighted by Gasteiger charge is 2.30. The van der Waals surface area contributed by atoms with Gasteiger partial charge in [-0.3, -0.25) is 9.48 Å². The first kappa shape index (κ1) is 14.9. The van der Waals surface area contributed by atoms with Crippen molar-refractivity contribution in [3.8, 4) is 11.8 Å². The Labute approximate surface area is 176 Å². The van der Waals surface area contributed by atoms with Gasteiger partial charge in [0.2, 0.25) is 5.91 Å². The Morgan fingerprint density at radius 1 is 1.23 bits per heavy atom. The van der Waals surface area contributed by atoms with Crippen LogP contribution in [0.4, 0.5) is 11.6 Å². The summed E-state index contributed by atoms with van der Waals surface area (Å²) in [6.45, 7) is -2.45. The second kappa shape index (κ2) is 7.12. The van der Waals surface area contributed by atoms with Crippen molar-refractivity contribution in [3.63, 3.8) is 0 Å². The fourth-order valence-electron chi connectivity index (χ4n) is 3.24. The van der Waals surface area contributed by atoms with Gasteiger partial charge in [0, 0.05) is 46.6 Å². The molecule has 1 saturated carbocycles. The number of amides is 1. The molecule has 3 heterocycles. The van der Waals surface area contributed by atoms with Crippen LogP contribution in [-0.2, 0) is 11.8 Å². The van der Waals surface area contributed by atoms with Crippen LogP contribution in [0.25, 0.3) is 21.8 Å². The van der Waals surface area contributed by atoms with Crippen LogP contribution >= 0.6 is 0 Å². The van der Waals surface area contributed by atoms with Gasteiger partial charge < -0.3 is 10.6 Å². The number of fused-ring (bicyclic) bond motifs is 2. The number of anilines is 2. The molecule has 0 spiro atoms. The van der Waals surface area contributed by atoms with Gasteiger partial charge in [0.15, 0.2) is 11.6 Å². The summed E-state index contributed by atoms with van der Waals surface area (Å²) in [6.07, 6.45) is 4.99. The number of nitrogens with one attached hydrogen (secondary N) is 2. The Balaban J connectivity index is 1.56. The summed E-state index contributed by atoms with van der Waals surface area (Å²) in [4.78, 5) is 16.4. The molecule has 0 aliphatic heterocycles. The van der Waals surface area contributed by atoms with Crippen LogP contribution in [0.1, 0.15) is 28.1 Å². The molecule has 0 unspecified atom stereocenters. The summed E-state index contributed by atoms with van der Waals surface area (Å²) in [5.41, 5.74) is 2.57. The summed E-state index contributed by atoms with van der Waals surface area (Å²) in [5, 5.41) is 19.1. The number of rotatable bonds is 3. The van der Waals surface area contributed by atoms with E-state index in [2.05, 4.69) is 42.8 Å². The maximum Gasteiger partial charge on any atom is 0.228 e. The predicted octanol–water partition coefficient (Wildman–Crippen LogP) is 2.70. The van der Waals surface area contributed by atoms with E-state index in [-0.39, 0.29) is 29.0 Å². The quantitative estimate of drug-likeness (QED) is 0.513. The first-order chi connectivity index (χ1) is 15.8. The molecule has 3 aromatic heterocycles.